The summed E-state index contributed by atoms with van der Waals surface area (Å²) in [5.74, 6) is -0.266. The van der Waals surface area contributed by atoms with E-state index >= 15 is 0 Å². The maximum absolute atomic E-state index is 12.1. The average molecular weight is 396 g/mol. The third kappa shape index (κ3) is 3.48. The highest BCUT2D eigenvalue weighted by molar-refractivity contribution is 6.43. The monoisotopic (exact) mass is 395 g/mol. The van der Waals surface area contributed by atoms with E-state index in [1.54, 1.807) is 25.1 Å². The predicted octanol–water partition coefficient (Wildman–Crippen LogP) is 2.02. The van der Waals surface area contributed by atoms with Gasteiger partial charge in [0, 0.05) is 24.2 Å². The number of carbonyl (C=O) groups is 1. The lowest BCUT2D eigenvalue weighted by molar-refractivity contribution is 0.0951. The van der Waals surface area contributed by atoms with Gasteiger partial charge in [0.2, 0.25) is 5.95 Å². The smallest absolute Gasteiger partial charge is 0.268 e. The number of anilines is 1. The molecule has 2 aromatic rings. The highest BCUT2D eigenvalue weighted by atomic mass is 35.5. The fourth-order valence-corrected chi connectivity index (χ4v) is 3.39. The van der Waals surface area contributed by atoms with Gasteiger partial charge in [-0.25, -0.2) is 9.97 Å². The van der Waals surface area contributed by atoms with Crippen LogP contribution in [0.4, 0.5) is 5.95 Å². The Morgan fingerprint density at radius 2 is 2.15 bits per heavy atom. The van der Waals surface area contributed by atoms with E-state index in [1.807, 2.05) is 4.90 Å². The van der Waals surface area contributed by atoms with E-state index in [0.29, 0.717) is 59.1 Å². The SMILES string of the molecule is Cc1nc(N2CCOC[C@H]2CN)nc(C(N)=O)c1-c1cccc(Cl)c1Cl. The van der Waals surface area contributed by atoms with Crippen LogP contribution in [0.5, 0.6) is 0 Å². The number of nitrogens with zero attached hydrogens (tertiary/aromatic N) is 3. The molecule has 0 radical (unpaired) electrons. The predicted molar refractivity (Wildman–Crippen MR) is 102 cm³/mol. The van der Waals surface area contributed by atoms with Gasteiger partial charge in [-0.05, 0) is 13.0 Å². The Bertz CT molecular complexity index is 846. The van der Waals surface area contributed by atoms with Crippen molar-refractivity contribution >= 4 is 35.1 Å². The second kappa shape index (κ2) is 7.75. The summed E-state index contributed by atoms with van der Waals surface area (Å²) < 4.78 is 5.45. The molecule has 3 rings (SSSR count). The molecular formula is C17H19Cl2N5O2. The fraction of sp³-hybridized carbons (Fsp3) is 0.353. The summed E-state index contributed by atoms with van der Waals surface area (Å²) in [6.45, 7) is 3.76. The summed E-state index contributed by atoms with van der Waals surface area (Å²) in [7, 11) is 0. The minimum Gasteiger partial charge on any atom is -0.377 e. The van der Waals surface area contributed by atoms with Crippen LogP contribution in [0.15, 0.2) is 18.2 Å². The number of hydrogen-bond donors (Lipinski definition) is 2. The Morgan fingerprint density at radius 1 is 1.38 bits per heavy atom. The maximum Gasteiger partial charge on any atom is 0.268 e. The van der Waals surface area contributed by atoms with Gasteiger partial charge in [-0.15, -0.1) is 0 Å². The van der Waals surface area contributed by atoms with Crippen LogP contribution in [-0.2, 0) is 4.74 Å². The molecule has 4 N–H and O–H groups in total. The number of ether oxygens (including phenoxy) is 1. The first-order chi connectivity index (χ1) is 12.4. The van der Waals surface area contributed by atoms with Crippen LogP contribution in [-0.4, -0.2) is 48.2 Å². The molecule has 1 aromatic heterocycles. The Labute approximate surface area is 161 Å². The number of hydrogen-bond acceptors (Lipinski definition) is 6. The minimum absolute atomic E-state index is 0.0653. The van der Waals surface area contributed by atoms with Gasteiger partial charge in [0.05, 0.1) is 35.0 Å². The first-order valence-corrected chi connectivity index (χ1v) is 8.87. The normalized spacial score (nSPS) is 17.4. The number of carbonyl (C=O) groups excluding carboxylic acids is 1. The molecule has 1 aliphatic heterocycles. The van der Waals surface area contributed by atoms with Gasteiger partial charge in [0.25, 0.3) is 5.91 Å². The van der Waals surface area contributed by atoms with Crippen molar-refractivity contribution in [2.24, 2.45) is 11.5 Å². The molecule has 1 aromatic carbocycles. The molecule has 1 aliphatic rings. The Balaban J connectivity index is 2.16. The molecule has 1 amide bonds. The second-order valence-electron chi connectivity index (χ2n) is 5.96. The van der Waals surface area contributed by atoms with E-state index in [-0.39, 0.29) is 11.7 Å². The van der Waals surface area contributed by atoms with Crippen LogP contribution >= 0.6 is 23.2 Å². The summed E-state index contributed by atoms with van der Waals surface area (Å²) in [5, 5.41) is 0.696. The Hall–Kier alpha value is -1.93. The van der Waals surface area contributed by atoms with E-state index in [4.69, 9.17) is 39.4 Å². The van der Waals surface area contributed by atoms with Crippen LogP contribution in [0, 0.1) is 6.92 Å². The maximum atomic E-state index is 12.1. The van der Waals surface area contributed by atoms with Gasteiger partial charge in [0.1, 0.15) is 5.69 Å². The first-order valence-electron chi connectivity index (χ1n) is 8.11. The van der Waals surface area contributed by atoms with E-state index < -0.39 is 5.91 Å². The minimum atomic E-state index is -0.666. The average Bonchev–Trinajstić information content (AvgIpc) is 2.63. The fourth-order valence-electron chi connectivity index (χ4n) is 3.00. The third-order valence-electron chi connectivity index (χ3n) is 4.29. The molecule has 0 spiro atoms. The molecule has 1 saturated heterocycles. The number of aryl methyl sites for hydroxylation is 1. The quantitative estimate of drug-likeness (QED) is 0.819. The number of nitrogens with two attached hydrogens (primary N) is 2. The van der Waals surface area contributed by atoms with Gasteiger partial charge in [-0.1, -0.05) is 35.3 Å². The highest BCUT2D eigenvalue weighted by Crippen LogP contribution is 2.36. The van der Waals surface area contributed by atoms with Crippen molar-refractivity contribution in [3.63, 3.8) is 0 Å². The van der Waals surface area contributed by atoms with Gasteiger partial charge in [-0.2, -0.15) is 0 Å². The highest BCUT2D eigenvalue weighted by Gasteiger charge is 2.27. The first kappa shape index (κ1) is 18.8. The molecule has 26 heavy (non-hydrogen) atoms. The zero-order chi connectivity index (χ0) is 18.8. The zero-order valence-corrected chi connectivity index (χ0v) is 15.7. The van der Waals surface area contributed by atoms with Crippen molar-refractivity contribution in [3.8, 4) is 11.1 Å². The van der Waals surface area contributed by atoms with Crippen molar-refractivity contribution in [2.75, 3.05) is 31.2 Å². The molecule has 7 nitrogen and oxygen atoms in total. The summed E-state index contributed by atoms with van der Waals surface area (Å²) in [6.07, 6.45) is 0. The summed E-state index contributed by atoms with van der Waals surface area (Å²) in [6, 6.07) is 5.10. The van der Waals surface area contributed by atoms with Gasteiger partial charge >= 0.3 is 0 Å². The van der Waals surface area contributed by atoms with Crippen molar-refractivity contribution in [3.05, 3.63) is 39.6 Å². The number of benzene rings is 1. The van der Waals surface area contributed by atoms with E-state index in [0.717, 1.165) is 0 Å². The number of aromatic nitrogens is 2. The number of rotatable bonds is 4. The van der Waals surface area contributed by atoms with Crippen LogP contribution in [0.25, 0.3) is 11.1 Å². The summed E-state index contributed by atoms with van der Waals surface area (Å²) >= 11 is 12.4. The second-order valence-corrected chi connectivity index (χ2v) is 6.74. The van der Waals surface area contributed by atoms with Crippen LogP contribution in [0.2, 0.25) is 10.0 Å². The summed E-state index contributed by atoms with van der Waals surface area (Å²) in [5.41, 5.74) is 13.1. The number of morpholine rings is 1. The molecule has 0 unspecified atom stereocenters. The standard InChI is InChI=1S/C17H19Cl2N5O2/c1-9-13(11-3-2-4-12(18)14(11)19)15(16(21)25)23-17(22-9)24-5-6-26-8-10(24)7-20/h2-4,10H,5-8,20H2,1H3,(H2,21,25)/t10-/m1/s1. The molecular weight excluding hydrogens is 377 g/mol. The number of primary amides is 1. The molecule has 2 heterocycles. The molecule has 0 bridgehead atoms. The van der Waals surface area contributed by atoms with Crippen LogP contribution < -0.4 is 16.4 Å². The van der Waals surface area contributed by atoms with Crippen molar-refractivity contribution in [2.45, 2.75) is 13.0 Å². The van der Waals surface area contributed by atoms with Gasteiger partial charge in [0.15, 0.2) is 0 Å². The Morgan fingerprint density at radius 3 is 2.85 bits per heavy atom. The molecule has 9 heteroatoms. The van der Waals surface area contributed by atoms with Crippen molar-refractivity contribution < 1.29 is 9.53 Å². The van der Waals surface area contributed by atoms with Crippen molar-refractivity contribution in [1.82, 2.24) is 9.97 Å². The number of amides is 1. The lowest BCUT2D eigenvalue weighted by Crippen LogP contribution is -2.50. The molecule has 1 fully saturated rings. The van der Waals surface area contributed by atoms with Crippen molar-refractivity contribution in [1.29, 1.82) is 0 Å². The lowest BCUT2D eigenvalue weighted by atomic mass is 10.0. The topological polar surface area (TPSA) is 107 Å². The van der Waals surface area contributed by atoms with Gasteiger partial charge in [-0.3, -0.25) is 4.79 Å². The third-order valence-corrected chi connectivity index (χ3v) is 5.11. The van der Waals surface area contributed by atoms with Crippen LogP contribution in [0.1, 0.15) is 16.2 Å². The Kier molecular flexibility index (Phi) is 5.62. The van der Waals surface area contributed by atoms with E-state index in [1.165, 1.54) is 0 Å². The van der Waals surface area contributed by atoms with E-state index in [2.05, 4.69) is 9.97 Å². The molecule has 0 aliphatic carbocycles. The molecule has 1 atom stereocenters. The molecule has 0 saturated carbocycles. The summed E-state index contributed by atoms with van der Waals surface area (Å²) in [4.78, 5) is 23.1. The lowest BCUT2D eigenvalue weighted by Gasteiger charge is -2.35. The largest absolute Gasteiger partial charge is 0.377 e. The zero-order valence-electron chi connectivity index (χ0n) is 14.2. The van der Waals surface area contributed by atoms with Gasteiger partial charge < -0.3 is 21.1 Å². The van der Waals surface area contributed by atoms with E-state index in [9.17, 15) is 4.79 Å². The molecule has 138 valence electrons. The number of halogens is 2. The van der Waals surface area contributed by atoms with Crippen LogP contribution in [0.3, 0.4) is 0 Å².